The van der Waals surface area contributed by atoms with E-state index >= 15 is 0 Å². The van der Waals surface area contributed by atoms with Gasteiger partial charge < -0.3 is 19.4 Å². The third-order valence-corrected chi connectivity index (χ3v) is 5.87. The van der Waals surface area contributed by atoms with Crippen molar-refractivity contribution in [1.82, 2.24) is 8.97 Å². The maximum absolute atomic E-state index is 13.0. The van der Waals surface area contributed by atoms with E-state index in [4.69, 9.17) is 11.6 Å². The molecule has 7 nitrogen and oxygen atoms in total. The number of carbonyl (C=O) groups excluding carboxylic acids is 1. The highest BCUT2D eigenvalue weighted by Gasteiger charge is 2.30. The molecule has 0 radical (unpaired) electrons. The number of carbonyl (C=O) groups is 1. The second-order valence-corrected chi connectivity index (χ2v) is 8.72. The molecule has 33 heavy (non-hydrogen) atoms. The van der Waals surface area contributed by atoms with E-state index in [0.717, 1.165) is 11.1 Å². The molecule has 0 saturated carbocycles. The van der Waals surface area contributed by atoms with Crippen molar-refractivity contribution in [2.45, 2.75) is 25.8 Å². The highest BCUT2D eigenvalue weighted by molar-refractivity contribution is 6.30. The first-order valence-electron chi connectivity index (χ1n) is 10.3. The summed E-state index contributed by atoms with van der Waals surface area (Å²) in [5, 5.41) is 13.7. The molecule has 0 spiro atoms. The van der Waals surface area contributed by atoms with Gasteiger partial charge in [-0.1, -0.05) is 54.1 Å². The van der Waals surface area contributed by atoms with Gasteiger partial charge in [-0.05, 0) is 37.1 Å². The molecule has 2 aromatic carbocycles. The average Bonchev–Trinajstić information content (AvgIpc) is 2.79. The van der Waals surface area contributed by atoms with E-state index in [1.807, 2.05) is 36.4 Å². The number of aromatic hydroxyl groups is 1. The van der Waals surface area contributed by atoms with Gasteiger partial charge in [-0.3, -0.25) is 14.4 Å². The molecule has 0 fully saturated rings. The number of benzene rings is 2. The second kappa shape index (κ2) is 8.60. The number of amides is 1. The van der Waals surface area contributed by atoms with E-state index in [2.05, 4.69) is 5.32 Å². The molecule has 4 rings (SSSR count). The zero-order valence-corrected chi connectivity index (χ0v) is 18.8. The molecule has 168 valence electrons. The van der Waals surface area contributed by atoms with Gasteiger partial charge >= 0.3 is 0 Å². The van der Waals surface area contributed by atoms with Crippen LogP contribution in [0.5, 0.6) is 5.75 Å². The van der Waals surface area contributed by atoms with Crippen molar-refractivity contribution in [3.63, 3.8) is 0 Å². The summed E-state index contributed by atoms with van der Waals surface area (Å²) in [6.45, 7) is 3.70. The normalized spacial score (nSPS) is 11.5. The Morgan fingerprint density at radius 2 is 1.79 bits per heavy atom. The number of hydrogen-bond acceptors (Lipinski definition) is 4. The van der Waals surface area contributed by atoms with Crippen LogP contribution in [-0.4, -0.2) is 20.0 Å². The molecule has 0 aliphatic rings. The van der Waals surface area contributed by atoms with Crippen LogP contribution in [0.1, 0.15) is 25.0 Å². The van der Waals surface area contributed by atoms with E-state index in [9.17, 15) is 19.5 Å². The zero-order chi connectivity index (χ0) is 23.8. The highest BCUT2D eigenvalue weighted by Crippen LogP contribution is 2.25. The number of anilines is 1. The van der Waals surface area contributed by atoms with Gasteiger partial charge in [-0.25, -0.2) is 0 Å². The summed E-state index contributed by atoms with van der Waals surface area (Å²) in [6.07, 6.45) is 4.42. The van der Waals surface area contributed by atoms with Crippen LogP contribution in [0, 0.1) is 0 Å². The van der Waals surface area contributed by atoms with Gasteiger partial charge in [0.1, 0.15) is 5.69 Å². The summed E-state index contributed by atoms with van der Waals surface area (Å²) in [4.78, 5) is 38.8. The highest BCUT2D eigenvalue weighted by atomic mass is 35.5. The molecule has 0 aliphatic heterocycles. The molecule has 4 aromatic rings. The van der Waals surface area contributed by atoms with Crippen LogP contribution in [0.25, 0.3) is 5.52 Å². The molecule has 0 bridgehead atoms. The van der Waals surface area contributed by atoms with Gasteiger partial charge in [-0.15, -0.1) is 0 Å². The fourth-order valence-corrected chi connectivity index (χ4v) is 3.83. The Balaban J connectivity index is 1.71. The summed E-state index contributed by atoms with van der Waals surface area (Å²) < 4.78 is 2.70. The molecule has 2 N–H and O–H groups in total. The molecule has 8 heteroatoms. The lowest BCUT2D eigenvalue weighted by Gasteiger charge is -2.24. The maximum Gasteiger partial charge on any atom is 0.279 e. The molecular formula is C25H22ClN3O4. The van der Waals surface area contributed by atoms with E-state index in [-0.39, 0.29) is 17.7 Å². The Bertz CT molecular complexity index is 1470. The monoisotopic (exact) mass is 463 g/mol. The van der Waals surface area contributed by atoms with Crippen LogP contribution in [0.4, 0.5) is 5.69 Å². The lowest BCUT2D eigenvalue weighted by molar-refractivity contribution is -0.120. The molecule has 0 saturated heterocycles. The van der Waals surface area contributed by atoms with Gasteiger partial charge in [-0.2, -0.15) is 0 Å². The van der Waals surface area contributed by atoms with E-state index < -0.39 is 28.1 Å². The molecule has 2 heterocycles. The van der Waals surface area contributed by atoms with Crippen molar-refractivity contribution in [2.24, 2.45) is 0 Å². The van der Waals surface area contributed by atoms with Crippen molar-refractivity contribution >= 4 is 28.7 Å². The van der Waals surface area contributed by atoms with Crippen molar-refractivity contribution < 1.29 is 9.90 Å². The lowest BCUT2D eigenvalue weighted by Crippen LogP contribution is -2.36. The number of fused-ring (bicyclic) bond motifs is 1. The molecular weight excluding hydrogens is 442 g/mol. The summed E-state index contributed by atoms with van der Waals surface area (Å²) in [5.41, 5.74) is -1.03. The van der Waals surface area contributed by atoms with E-state index in [1.54, 1.807) is 44.4 Å². The quantitative estimate of drug-likeness (QED) is 0.471. The van der Waals surface area contributed by atoms with Crippen LogP contribution in [-0.2, 0) is 16.8 Å². The first-order chi connectivity index (χ1) is 15.7. The fourth-order valence-electron chi connectivity index (χ4n) is 3.62. The third-order valence-electron chi connectivity index (χ3n) is 5.63. The Labute approximate surface area is 194 Å². The number of pyridine rings is 1. The SMILES string of the molecule is CC(C)(C(=O)Nc1cn2ccn(Cc3cccc(Cl)c3)c(=O)c2c(O)c1=O)c1ccccc1. The first kappa shape index (κ1) is 22.4. The molecule has 2 aromatic heterocycles. The minimum atomic E-state index is -0.927. The zero-order valence-electron chi connectivity index (χ0n) is 18.1. The third kappa shape index (κ3) is 4.27. The Morgan fingerprint density at radius 3 is 2.48 bits per heavy atom. The van der Waals surface area contributed by atoms with Gasteiger partial charge in [0.05, 0.1) is 12.0 Å². The minimum absolute atomic E-state index is 0.119. The van der Waals surface area contributed by atoms with Gasteiger partial charge in [0.2, 0.25) is 11.3 Å². The van der Waals surface area contributed by atoms with E-state index in [0.29, 0.717) is 5.02 Å². The Kier molecular flexibility index (Phi) is 5.82. The molecule has 1 amide bonds. The minimum Gasteiger partial charge on any atom is -0.502 e. The van der Waals surface area contributed by atoms with Crippen molar-refractivity contribution in [1.29, 1.82) is 0 Å². The Hall–Kier alpha value is -3.84. The second-order valence-electron chi connectivity index (χ2n) is 8.28. The van der Waals surface area contributed by atoms with Crippen LogP contribution in [0.3, 0.4) is 0 Å². The molecule has 0 atom stereocenters. The van der Waals surface area contributed by atoms with E-state index in [1.165, 1.54) is 15.2 Å². The van der Waals surface area contributed by atoms with Crippen molar-refractivity contribution in [3.05, 3.63) is 110 Å². The van der Waals surface area contributed by atoms with Crippen LogP contribution in [0.2, 0.25) is 5.02 Å². The van der Waals surface area contributed by atoms with Gasteiger partial charge in [0.15, 0.2) is 11.3 Å². The predicted octanol–water partition coefficient (Wildman–Crippen LogP) is 3.78. The summed E-state index contributed by atoms with van der Waals surface area (Å²) in [5.74, 6) is -1.14. The topological polar surface area (TPSA) is 92.8 Å². The van der Waals surface area contributed by atoms with Gasteiger partial charge in [0.25, 0.3) is 5.56 Å². The number of nitrogens with one attached hydrogen (secondary N) is 1. The lowest BCUT2D eigenvalue weighted by atomic mass is 9.83. The molecule has 0 aliphatic carbocycles. The first-order valence-corrected chi connectivity index (χ1v) is 10.6. The smallest absolute Gasteiger partial charge is 0.279 e. The Morgan fingerprint density at radius 1 is 1.06 bits per heavy atom. The number of aromatic nitrogens is 2. The largest absolute Gasteiger partial charge is 0.502 e. The van der Waals surface area contributed by atoms with Crippen molar-refractivity contribution in [3.8, 4) is 5.75 Å². The molecule has 0 unspecified atom stereocenters. The van der Waals surface area contributed by atoms with Crippen LogP contribution < -0.4 is 16.3 Å². The predicted molar refractivity (Wildman–Crippen MR) is 128 cm³/mol. The summed E-state index contributed by atoms with van der Waals surface area (Å²) >= 11 is 6.01. The van der Waals surface area contributed by atoms with Crippen molar-refractivity contribution in [2.75, 3.05) is 5.32 Å². The maximum atomic E-state index is 13.0. The summed E-state index contributed by atoms with van der Waals surface area (Å²) in [7, 11) is 0. The summed E-state index contributed by atoms with van der Waals surface area (Å²) in [6, 6.07) is 16.2. The van der Waals surface area contributed by atoms with Crippen LogP contribution >= 0.6 is 11.6 Å². The van der Waals surface area contributed by atoms with Crippen LogP contribution in [0.15, 0.2) is 82.8 Å². The average molecular weight is 464 g/mol. The number of nitrogens with zero attached hydrogens (tertiary/aromatic N) is 2. The standard InChI is InChI=1S/C25H22ClN3O4/c1-25(2,17-8-4-3-5-9-17)24(33)27-19-15-28-11-12-29(14-16-7-6-10-18(26)13-16)23(32)20(28)22(31)21(19)30/h3-13,15,31H,14H2,1-2H3,(H,27,33). The van der Waals surface area contributed by atoms with Gasteiger partial charge in [0, 0.05) is 23.6 Å². The number of halogens is 1. The number of hydrogen-bond donors (Lipinski definition) is 2. The fraction of sp³-hybridized carbons (Fsp3) is 0.160. The number of rotatable bonds is 5.